The Morgan fingerprint density at radius 1 is 1.27 bits per heavy atom. The minimum Gasteiger partial charge on any atom is -0.477 e. The number of carbonyl (C=O) groups is 2. The third kappa shape index (κ3) is 4.35. The van der Waals surface area contributed by atoms with Crippen LogP contribution in [0, 0.1) is 29.0 Å². The molecule has 0 spiro atoms. The first-order valence-electron chi connectivity index (χ1n) is 13.0. The summed E-state index contributed by atoms with van der Waals surface area (Å²) in [5.74, 6) is -1.80. The van der Waals surface area contributed by atoms with Crippen LogP contribution in [0.4, 0.5) is 10.1 Å². The quantitative estimate of drug-likeness (QED) is 0.612. The summed E-state index contributed by atoms with van der Waals surface area (Å²) < 4.78 is 17.4. The summed E-state index contributed by atoms with van der Waals surface area (Å²) >= 11 is 0. The third-order valence-corrected chi connectivity index (χ3v) is 7.95. The van der Waals surface area contributed by atoms with Gasteiger partial charge in [-0.25, -0.2) is 9.18 Å². The number of nitriles is 1. The Labute approximate surface area is 214 Å². The van der Waals surface area contributed by atoms with Gasteiger partial charge in [0.05, 0.1) is 28.7 Å². The number of halogens is 1. The topological polar surface area (TPSA) is 133 Å². The minimum absolute atomic E-state index is 0.0315. The standard InChI is InChI=1S/C27H32FN5O4/c1-14(2)8-21(30)26(35)32-7-3-4-15-11-31(13-22(15)32)24-18(10-29)23-17(9-20(24)28)25(34)19(27(36)37)12-33(23)16-5-6-16/h9,12,14-16,21-22H,3-8,11,13,30H2,1-2H3,(H,36,37)/t15-,21-,22+/m0/s1. The van der Waals surface area contributed by atoms with E-state index >= 15 is 4.39 Å². The number of carboxylic acids is 1. The number of piperidine rings is 1. The highest BCUT2D eigenvalue weighted by Gasteiger charge is 2.43. The average Bonchev–Trinajstić information content (AvgIpc) is 3.60. The maximum Gasteiger partial charge on any atom is 0.341 e. The summed E-state index contributed by atoms with van der Waals surface area (Å²) in [6.45, 7) is 5.49. The van der Waals surface area contributed by atoms with Gasteiger partial charge >= 0.3 is 5.97 Å². The first-order chi connectivity index (χ1) is 17.6. The molecule has 1 aromatic carbocycles. The molecule has 0 radical (unpaired) electrons. The van der Waals surface area contributed by atoms with Gasteiger partial charge in [-0.05, 0) is 50.0 Å². The van der Waals surface area contributed by atoms with Crippen LogP contribution >= 0.6 is 0 Å². The fourth-order valence-electron chi connectivity index (χ4n) is 6.14. The van der Waals surface area contributed by atoms with Crippen LogP contribution in [0.2, 0.25) is 0 Å². The molecule has 1 aromatic heterocycles. The van der Waals surface area contributed by atoms with Crippen LogP contribution in [0.1, 0.15) is 67.9 Å². The lowest BCUT2D eigenvalue weighted by atomic mass is 9.91. The van der Waals surface area contributed by atoms with Crippen molar-refractivity contribution >= 4 is 28.5 Å². The number of nitrogens with zero attached hydrogens (tertiary/aromatic N) is 4. The third-order valence-electron chi connectivity index (χ3n) is 7.95. The highest BCUT2D eigenvalue weighted by molar-refractivity contribution is 5.96. The molecule has 37 heavy (non-hydrogen) atoms. The van der Waals surface area contributed by atoms with Crippen molar-refractivity contribution in [3.8, 4) is 6.07 Å². The van der Waals surface area contributed by atoms with Crippen molar-refractivity contribution in [1.29, 1.82) is 5.26 Å². The predicted molar refractivity (Wildman–Crippen MR) is 136 cm³/mol. The summed E-state index contributed by atoms with van der Waals surface area (Å²) in [5, 5.41) is 19.6. The molecule has 3 N–H and O–H groups in total. The van der Waals surface area contributed by atoms with Crippen molar-refractivity contribution in [3.63, 3.8) is 0 Å². The lowest BCUT2D eigenvalue weighted by Gasteiger charge is -2.38. The molecule has 9 nitrogen and oxygen atoms in total. The lowest BCUT2D eigenvalue weighted by molar-refractivity contribution is -0.137. The van der Waals surface area contributed by atoms with E-state index in [0.29, 0.717) is 26.1 Å². The monoisotopic (exact) mass is 509 g/mol. The number of aromatic nitrogens is 1. The number of rotatable bonds is 6. The fourth-order valence-corrected chi connectivity index (χ4v) is 6.14. The Morgan fingerprint density at radius 2 is 2.00 bits per heavy atom. The van der Waals surface area contributed by atoms with Crippen LogP contribution < -0.4 is 16.1 Å². The van der Waals surface area contributed by atoms with E-state index in [9.17, 15) is 24.8 Å². The number of amides is 1. The molecule has 2 aromatic rings. The molecule has 196 valence electrons. The first-order valence-corrected chi connectivity index (χ1v) is 13.0. The number of aromatic carboxylic acids is 1. The summed E-state index contributed by atoms with van der Waals surface area (Å²) in [6, 6.07) is 2.43. The largest absolute Gasteiger partial charge is 0.477 e. The van der Waals surface area contributed by atoms with E-state index in [1.807, 2.05) is 23.6 Å². The Morgan fingerprint density at radius 3 is 2.62 bits per heavy atom. The second kappa shape index (κ2) is 9.45. The molecule has 2 saturated heterocycles. The number of pyridine rings is 1. The summed E-state index contributed by atoms with van der Waals surface area (Å²) in [6.07, 6.45) is 5.17. The van der Waals surface area contributed by atoms with Gasteiger partial charge in [0, 0.05) is 31.9 Å². The van der Waals surface area contributed by atoms with Gasteiger partial charge in [0.1, 0.15) is 23.0 Å². The molecule has 1 aliphatic carbocycles. The molecule has 3 heterocycles. The predicted octanol–water partition coefficient (Wildman–Crippen LogP) is 2.85. The van der Waals surface area contributed by atoms with Gasteiger partial charge in [0.15, 0.2) is 0 Å². The highest BCUT2D eigenvalue weighted by Crippen LogP contribution is 2.42. The van der Waals surface area contributed by atoms with Crippen LogP contribution in [0.25, 0.3) is 10.9 Å². The number of anilines is 1. The zero-order valence-electron chi connectivity index (χ0n) is 21.1. The van der Waals surface area contributed by atoms with Gasteiger partial charge in [0.25, 0.3) is 0 Å². The van der Waals surface area contributed by atoms with E-state index in [4.69, 9.17) is 5.73 Å². The van der Waals surface area contributed by atoms with E-state index in [1.54, 1.807) is 4.57 Å². The Kier molecular flexibility index (Phi) is 6.44. The Bertz CT molecular complexity index is 1380. The van der Waals surface area contributed by atoms with Crippen molar-refractivity contribution in [2.45, 2.75) is 64.1 Å². The molecular formula is C27H32FN5O4. The number of carboxylic acid groups (broad SMARTS) is 1. The molecule has 3 atom stereocenters. The number of hydrogen-bond acceptors (Lipinski definition) is 6. The molecule has 0 unspecified atom stereocenters. The second-order valence-corrected chi connectivity index (χ2v) is 11.0. The van der Waals surface area contributed by atoms with Crippen molar-refractivity contribution < 1.29 is 19.1 Å². The highest BCUT2D eigenvalue weighted by atomic mass is 19.1. The lowest BCUT2D eigenvalue weighted by Crippen LogP contribution is -2.54. The smallest absolute Gasteiger partial charge is 0.341 e. The van der Waals surface area contributed by atoms with E-state index < -0.39 is 28.8 Å². The maximum atomic E-state index is 15.7. The number of nitrogens with two attached hydrogens (primary N) is 1. The normalized spacial score (nSPS) is 22.3. The van der Waals surface area contributed by atoms with Crippen molar-refractivity contribution in [2.24, 2.45) is 17.6 Å². The van der Waals surface area contributed by atoms with E-state index in [2.05, 4.69) is 6.07 Å². The van der Waals surface area contributed by atoms with Gasteiger partial charge in [0.2, 0.25) is 11.3 Å². The van der Waals surface area contributed by atoms with Crippen LogP contribution in [0.5, 0.6) is 0 Å². The minimum atomic E-state index is -1.38. The zero-order chi connectivity index (χ0) is 26.6. The molecule has 10 heteroatoms. The molecule has 1 saturated carbocycles. The van der Waals surface area contributed by atoms with Crippen molar-refractivity contribution in [3.05, 3.63) is 39.4 Å². The van der Waals surface area contributed by atoms with Gasteiger partial charge in [-0.3, -0.25) is 9.59 Å². The SMILES string of the molecule is CC(C)C[C@H](N)C(=O)N1CCC[C@H]2CN(c3c(F)cc4c(=O)c(C(=O)O)cn(C5CC5)c4c3C#N)C[C@H]21. The van der Waals surface area contributed by atoms with Gasteiger partial charge in [-0.15, -0.1) is 0 Å². The number of hydrogen-bond donors (Lipinski definition) is 2. The van der Waals surface area contributed by atoms with E-state index in [1.165, 1.54) is 6.20 Å². The maximum absolute atomic E-state index is 15.7. The molecule has 0 bridgehead atoms. The van der Waals surface area contributed by atoms with Gasteiger partial charge < -0.3 is 25.2 Å². The zero-order valence-corrected chi connectivity index (χ0v) is 21.1. The molecule has 5 rings (SSSR count). The molecule has 1 amide bonds. The molecule has 3 fully saturated rings. The number of fused-ring (bicyclic) bond motifs is 2. The summed E-state index contributed by atoms with van der Waals surface area (Å²) in [7, 11) is 0. The second-order valence-electron chi connectivity index (χ2n) is 11.0. The van der Waals surface area contributed by atoms with Crippen LogP contribution in [0.15, 0.2) is 17.1 Å². The van der Waals surface area contributed by atoms with E-state index in [0.717, 1.165) is 31.7 Å². The average molecular weight is 510 g/mol. The van der Waals surface area contributed by atoms with Crippen LogP contribution in [-0.2, 0) is 4.79 Å². The fraction of sp³-hybridized carbons (Fsp3) is 0.556. The van der Waals surface area contributed by atoms with Crippen LogP contribution in [0.3, 0.4) is 0 Å². The Balaban J connectivity index is 1.57. The summed E-state index contributed by atoms with van der Waals surface area (Å²) in [4.78, 5) is 41.5. The first kappa shape index (κ1) is 25.2. The molecule has 2 aliphatic heterocycles. The molecule has 3 aliphatic rings. The number of benzene rings is 1. The number of carbonyl (C=O) groups excluding carboxylic acids is 1. The Hall–Kier alpha value is -3.45. The number of likely N-dealkylation sites (tertiary alicyclic amines) is 1. The van der Waals surface area contributed by atoms with E-state index in [-0.39, 0.29) is 52.0 Å². The van der Waals surface area contributed by atoms with Crippen molar-refractivity contribution in [1.82, 2.24) is 9.47 Å². The molecular weight excluding hydrogens is 477 g/mol. The van der Waals surface area contributed by atoms with Gasteiger partial charge in [-0.1, -0.05) is 13.8 Å². The van der Waals surface area contributed by atoms with Gasteiger partial charge in [-0.2, -0.15) is 5.26 Å². The van der Waals surface area contributed by atoms with Crippen molar-refractivity contribution in [2.75, 3.05) is 24.5 Å². The van der Waals surface area contributed by atoms with Crippen LogP contribution in [-0.4, -0.2) is 58.2 Å². The summed E-state index contributed by atoms with van der Waals surface area (Å²) in [5.41, 5.74) is 5.41.